The first kappa shape index (κ1) is 19.8. The SMILES string of the molecule is FC(F)(F)c1ccc(C2=N[C@H](c3ccc(Cl)cc3)[C@H](c3ccc(Cl)cc3)N2)cc1. The predicted molar refractivity (Wildman–Crippen MR) is 110 cm³/mol. The first-order valence-corrected chi connectivity index (χ1v) is 9.60. The summed E-state index contributed by atoms with van der Waals surface area (Å²) in [5.41, 5.74) is 1.82. The number of alkyl halides is 3. The number of amidine groups is 1. The van der Waals surface area contributed by atoms with Crippen molar-refractivity contribution in [1.82, 2.24) is 5.32 Å². The van der Waals surface area contributed by atoms with Crippen LogP contribution < -0.4 is 5.32 Å². The Bertz CT molecular complexity index is 1030. The van der Waals surface area contributed by atoms with Crippen LogP contribution >= 0.6 is 23.2 Å². The molecule has 0 unspecified atom stereocenters. The van der Waals surface area contributed by atoms with Gasteiger partial charge in [-0.2, -0.15) is 13.2 Å². The number of nitrogens with zero attached hydrogens (tertiary/aromatic N) is 1. The molecule has 0 bridgehead atoms. The maximum Gasteiger partial charge on any atom is 0.416 e. The highest BCUT2D eigenvalue weighted by atomic mass is 35.5. The molecule has 4 rings (SSSR count). The second-order valence-corrected chi connectivity index (χ2v) is 7.60. The highest BCUT2D eigenvalue weighted by Crippen LogP contribution is 2.38. The van der Waals surface area contributed by atoms with Gasteiger partial charge in [-0.15, -0.1) is 0 Å². The Morgan fingerprint density at radius 2 is 1.24 bits per heavy atom. The molecule has 0 fully saturated rings. The first-order valence-electron chi connectivity index (χ1n) is 8.84. The number of nitrogens with one attached hydrogen (secondary N) is 1. The summed E-state index contributed by atoms with van der Waals surface area (Å²) in [6.45, 7) is 0. The van der Waals surface area contributed by atoms with E-state index in [9.17, 15) is 13.2 Å². The first-order chi connectivity index (χ1) is 13.8. The van der Waals surface area contributed by atoms with E-state index in [0.717, 1.165) is 23.3 Å². The van der Waals surface area contributed by atoms with E-state index in [2.05, 4.69) is 5.32 Å². The van der Waals surface area contributed by atoms with Gasteiger partial charge in [0.15, 0.2) is 0 Å². The van der Waals surface area contributed by atoms with Crippen molar-refractivity contribution in [1.29, 1.82) is 0 Å². The second-order valence-electron chi connectivity index (χ2n) is 6.72. The fraction of sp³-hybridized carbons (Fsp3) is 0.136. The van der Waals surface area contributed by atoms with Crippen molar-refractivity contribution in [3.8, 4) is 0 Å². The largest absolute Gasteiger partial charge is 0.416 e. The fourth-order valence-electron chi connectivity index (χ4n) is 3.31. The zero-order valence-electron chi connectivity index (χ0n) is 14.9. The number of benzene rings is 3. The molecule has 1 N–H and O–H groups in total. The third-order valence-electron chi connectivity index (χ3n) is 4.80. The Morgan fingerprint density at radius 3 is 1.76 bits per heavy atom. The van der Waals surface area contributed by atoms with Crippen molar-refractivity contribution in [3.05, 3.63) is 105 Å². The third kappa shape index (κ3) is 4.26. The summed E-state index contributed by atoms with van der Waals surface area (Å²) >= 11 is 12.0. The number of rotatable bonds is 3. The fourth-order valence-corrected chi connectivity index (χ4v) is 3.57. The minimum Gasteiger partial charge on any atom is -0.361 e. The maximum absolute atomic E-state index is 12.9. The molecule has 1 aliphatic heterocycles. The van der Waals surface area contributed by atoms with Crippen LogP contribution in [0, 0.1) is 0 Å². The van der Waals surface area contributed by atoms with Crippen LogP contribution in [0.2, 0.25) is 10.0 Å². The zero-order valence-corrected chi connectivity index (χ0v) is 16.4. The van der Waals surface area contributed by atoms with E-state index in [1.165, 1.54) is 12.1 Å². The lowest BCUT2D eigenvalue weighted by Gasteiger charge is -2.20. The normalized spacial score (nSPS) is 19.0. The molecule has 1 heterocycles. The molecule has 148 valence electrons. The quantitative estimate of drug-likeness (QED) is 0.479. The van der Waals surface area contributed by atoms with Gasteiger partial charge in [0.1, 0.15) is 11.9 Å². The van der Waals surface area contributed by atoms with E-state index in [-0.39, 0.29) is 12.1 Å². The minimum absolute atomic E-state index is 0.189. The smallest absolute Gasteiger partial charge is 0.361 e. The van der Waals surface area contributed by atoms with Gasteiger partial charge in [0.05, 0.1) is 11.6 Å². The molecular formula is C22H15Cl2F3N2. The van der Waals surface area contributed by atoms with Crippen molar-refractivity contribution in [2.24, 2.45) is 4.99 Å². The van der Waals surface area contributed by atoms with Crippen LogP contribution in [0.15, 0.2) is 77.8 Å². The van der Waals surface area contributed by atoms with Crippen molar-refractivity contribution in [2.75, 3.05) is 0 Å². The lowest BCUT2D eigenvalue weighted by Crippen LogP contribution is -2.25. The molecule has 0 aliphatic carbocycles. The van der Waals surface area contributed by atoms with Gasteiger partial charge < -0.3 is 5.32 Å². The highest BCUT2D eigenvalue weighted by Gasteiger charge is 2.33. The van der Waals surface area contributed by atoms with Gasteiger partial charge >= 0.3 is 6.18 Å². The predicted octanol–water partition coefficient (Wildman–Crippen LogP) is 6.84. The van der Waals surface area contributed by atoms with Crippen molar-refractivity contribution < 1.29 is 13.2 Å². The summed E-state index contributed by atoms with van der Waals surface area (Å²) in [7, 11) is 0. The average molecular weight is 435 g/mol. The van der Waals surface area contributed by atoms with Gasteiger partial charge in [-0.1, -0.05) is 59.6 Å². The topological polar surface area (TPSA) is 24.4 Å². The standard InChI is InChI=1S/C22H15Cl2F3N2/c23-17-9-3-13(4-10-17)19-20(14-5-11-18(24)12-6-14)29-21(28-19)15-1-7-16(8-2-15)22(25,26)27/h1-12,19-20H,(H,28,29)/t19-,20+. The van der Waals surface area contributed by atoms with Gasteiger partial charge in [0.2, 0.25) is 0 Å². The summed E-state index contributed by atoms with van der Waals surface area (Å²) in [5.74, 6) is 0.540. The minimum atomic E-state index is -4.37. The number of halogens is 5. The van der Waals surface area contributed by atoms with E-state index < -0.39 is 11.7 Å². The molecule has 7 heteroatoms. The van der Waals surface area contributed by atoms with Crippen molar-refractivity contribution in [2.45, 2.75) is 18.3 Å². The summed E-state index contributed by atoms with van der Waals surface area (Å²) < 4.78 is 38.6. The zero-order chi connectivity index (χ0) is 20.6. The molecule has 1 aliphatic rings. The molecule has 0 saturated carbocycles. The molecule has 0 radical (unpaired) electrons. The number of aliphatic imine (C=N–C) groups is 1. The van der Waals surface area contributed by atoms with Gasteiger partial charge in [-0.25, -0.2) is 0 Å². The molecule has 2 atom stereocenters. The molecule has 3 aromatic carbocycles. The van der Waals surface area contributed by atoms with Gasteiger partial charge in [-0.3, -0.25) is 4.99 Å². The molecule has 0 saturated heterocycles. The molecule has 0 amide bonds. The molecular weight excluding hydrogens is 420 g/mol. The molecule has 0 aromatic heterocycles. The number of hydrogen-bond donors (Lipinski definition) is 1. The van der Waals surface area contributed by atoms with E-state index >= 15 is 0 Å². The molecule has 2 nitrogen and oxygen atoms in total. The molecule has 0 spiro atoms. The van der Waals surface area contributed by atoms with Crippen LogP contribution in [0.4, 0.5) is 13.2 Å². The van der Waals surface area contributed by atoms with Crippen molar-refractivity contribution >= 4 is 29.0 Å². The Kier molecular flexibility index (Phi) is 5.28. The number of hydrogen-bond acceptors (Lipinski definition) is 2. The second kappa shape index (κ2) is 7.73. The summed E-state index contributed by atoms with van der Waals surface area (Å²) in [5, 5.41) is 4.60. The highest BCUT2D eigenvalue weighted by molar-refractivity contribution is 6.30. The molecule has 3 aromatic rings. The maximum atomic E-state index is 12.9. The van der Waals surface area contributed by atoms with E-state index in [1.807, 2.05) is 24.3 Å². The van der Waals surface area contributed by atoms with E-state index in [1.54, 1.807) is 24.3 Å². The van der Waals surface area contributed by atoms with Crippen LogP contribution in [-0.4, -0.2) is 5.84 Å². The Morgan fingerprint density at radius 1 is 0.724 bits per heavy atom. The summed E-state index contributed by atoms with van der Waals surface area (Å²) in [6, 6.07) is 19.3. The Balaban J connectivity index is 1.70. The Labute approximate surface area is 176 Å². The average Bonchev–Trinajstić information content (AvgIpc) is 3.14. The van der Waals surface area contributed by atoms with Crippen LogP contribution in [0.25, 0.3) is 0 Å². The van der Waals surface area contributed by atoms with Gasteiger partial charge in [0.25, 0.3) is 0 Å². The van der Waals surface area contributed by atoms with Gasteiger partial charge in [-0.05, 0) is 47.5 Å². The van der Waals surface area contributed by atoms with Crippen molar-refractivity contribution in [3.63, 3.8) is 0 Å². The Hall–Kier alpha value is -2.50. The van der Waals surface area contributed by atoms with Crippen LogP contribution in [0.5, 0.6) is 0 Å². The third-order valence-corrected chi connectivity index (χ3v) is 5.31. The summed E-state index contributed by atoms with van der Waals surface area (Å²) in [4.78, 5) is 4.78. The molecule has 29 heavy (non-hydrogen) atoms. The van der Waals surface area contributed by atoms with Crippen LogP contribution in [0.3, 0.4) is 0 Å². The summed E-state index contributed by atoms with van der Waals surface area (Å²) in [6.07, 6.45) is -4.37. The van der Waals surface area contributed by atoms with E-state index in [4.69, 9.17) is 28.2 Å². The van der Waals surface area contributed by atoms with Crippen LogP contribution in [-0.2, 0) is 6.18 Å². The monoisotopic (exact) mass is 434 g/mol. The van der Waals surface area contributed by atoms with E-state index in [0.29, 0.717) is 21.4 Å². The lowest BCUT2D eigenvalue weighted by molar-refractivity contribution is -0.137. The lowest BCUT2D eigenvalue weighted by atomic mass is 9.95. The van der Waals surface area contributed by atoms with Crippen LogP contribution in [0.1, 0.15) is 34.3 Å². The van der Waals surface area contributed by atoms with Gasteiger partial charge in [0, 0.05) is 15.6 Å².